The van der Waals surface area contributed by atoms with E-state index in [9.17, 15) is 9.18 Å². The number of aromatic nitrogens is 1. The third-order valence-corrected chi connectivity index (χ3v) is 4.62. The molecular formula is C17H20FN3O2S. The lowest BCUT2D eigenvalue weighted by molar-refractivity contribution is -0.140. The molecule has 24 heavy (non-hydrogen) atoms. The average molecular weight is 349 g/mol. The smallest absolute Gasteiger partial charge is 0.236 e. The number of morpholine rings is 1. The predicted molar refractivity (Wildman–Crippen MR) is 90.1 cm³/mol. The molecule has 0 aliphatic carbocycles. The molecule has 7 heteroatoms. The highest BCUT2D eigenvalue weighted by atomic mass is 32.1. The molecule has 1 amide bonds. The highest BCUT2D eigenvalue weighted by molar-refractivity contribution is 7.07. The summed E-state index contributed by atoms with van der Waals surface area (Å²) in [5, 5.41) is 1.99. The number of ether oxygens (including phenoxy) is 1. The van der Waals surface area contributed by atoms with Gasteiger partial charge in [0.05, 0.1) is 30.9 Å². The lowest BCUT2D eigenvalue weighted by Crippen LogP contribution is -2.46. The average Bonchev–Trinajstić information content (AvgIpc) is 3.08. The number of thiazole rings is 1. The number of likely N-dealkylation sites (N-methyl/N-ethyl adjacent to an activating group) is 1. The molecule has 0 spiro atoms. The van der Waals surface area contributed by atoms with Crippen molar-refractivity contribution in [3.63, 3.8) is 0 Å². The highest BCUT2D eigenvalue weighted by Gasteiger charge is 2.26. The van der Waals surface area contributed by atoms with E-state index >= 15 is 0 Å². The van der Waals surface area contributed by atoms with E-state index < -0.39 is 0 Å². The normalized spacial score (nSPS) is 18.1. The summed E-state index contributed by atoms with van der Waals surface area (Å²) in [7, 11) is 1.91. The fraction of sp³-hybridized carbons (Fsp3) is 0.412. The Balaban J connectivity index is 1.55. The minimum absolute atomic E-state index is 0.0724. The van der Waals surface area contributed by atoms with Gasteiger partial charge >= 0.3 is 0 Å². The largest absolute Gasteiger partial charge is 0.370 e. The number of rotatable bonds is 5. The molecule has 1 aromatic carbocycles. The Morgan fingerprint density at radius 1 is 1.46 bits per heavy atom. The number of halogens is 1. The third kappa shape index (κ3) is 4.37. The van der Waals surface area contributed by atoms with E-state index in [0.717, 1.165) is 11.3 Å². The molecule has 1 saturated heterocycles. The van der Waals surface area contributed by atoms with Crippen LogP contribution in [0.5, 0.6) is 0 Å². The van der Waals surface area contributed by atoms with E-state index in [4.69, 9.17) is 4.74 Å². The van der Waals surface area contributed by atoms with Gasteiger partial charge in [0.15, 0.2) is 0 Å². The zero-order valence-corrected chi connectivity index (χ0v) is 14.3. The maximum atomic E-state index is 13.0. The number of nitrogens with zero attached hydrogens (tertiary/aromatic N) is 3. The summed E-state index contributed by atoms with van der Waals surface area (Å²) in [4.78, 5) is 20.5. The van der Waals surface area contributed by atoms with Gasteiger partial charge < -0.3 is 9.64 Å². The van der Waals surface area contributed by atoms with E-state index in [2.05, 4.69) is 4.98 Å². The van der Waals surface area contributed by atoms with Gasteiger partial charge in [0, 0.05) is 18.5 Å². The quantitative estimate of drug-likeness (QED) is 0.831. The Kier molecular flexibility index (Phi) is 5.55. The van der Waals surface area contributed by atoms with Crippen molar-refractivity contribution in [2.45, 2.75) is 12.6 Å². The molecule has 5 nitrogen and oxygen atoms in total. The molecule has 0 N–H and O–H groups in total. The Labute approximate surface area is 144 Å². The number of amides is 1. The van der Waals surface area contributed by atoms with E-state index in [1.807, 2.05) is 22.2 Å². The summed E-state index contributed by atoms with van der Waals surface area (Å²) in [5.41, 5.74) is 3.66. The zero-order valence-electron chi connectivity index (χ0n) is 13.5. The van der Waals surface area contributed by atoms with Gasteiger partial charge in [-0.1, -0.05) is 12.1 Å². The fourth-order valence-electron chi connectivity index (χ4n) is 2.73. The van der Waals surface area contributed by atoms with Crippen LogP contribution >= 0.6 is 11.3 Å². The van der Waals surface area contributed by atoms with Crippen LogP contribution in [0.2, 0.25) is 0 Å². The number of carbonyl (C=O) groups is 1. The van der Waals surface area contributed by atoms with Crippen molar-refractivity contribution in [1.82, 2.24) is 14.8 Å². The lowest BCUT2D eigenvalue weighted by atomic mass is 10.1. The standard InChI is InChI=1S/C17H20FN3O2S/c1-20(8-15-11-24-12-19-15)10-17(22)21-6-7-23-16(9-21)13-2-4-14(18)5-3-13/h2-5,11-12,16H,6-10H2,1H3/t16-/m1/s1. The van der Waals surface area contributed by atoms with Crippen molar-refractivity contribution >= 4 is 17.2 Å². The van der Waals surface area contributed by atoms with Crippen molar-refractivity contribution in [3.05, 3.63) is 52.2 Å². The molecule has 1 aromatic heterocycles. The summed E-state index contributed by atoms with van der Waals surface area (Å²) in [5.74, 6) is -0.200. The molecule has 1 atom stereocenters. The molecule has 2 heterocycles. The molecule has 2 aromatic rings. The summed E-state index contributed by atoms with van der Waals surface area (Å²) in [6.45, 7) is 2.56. The van der Waals surface area contributed by atoms with Crippen molar-refractivity contribution in [2.24, 2.45) is 0 Å². The Hall–Kier alpha value is -1.83. The van der Waals surface area contributed by atoms with Gasteiger partial charge in [-0.05, 0) is 24.7 Å². The minimum atomic E-state index is -0.272. The third-order valence-electron chi connectivity index (χ3n) is 3.98. The second-order valence-electron chi connectivity index (χ2n) is 5.90. The molecule has 1 fully saturated rings. The van der Waals surface area contributed by atoms with Crippen LogP contribution in [0.1, 0.15) is 17.4 Å². The summed E-state index contributed by atoms with van der Waals surface area (Å²) in [6, 6.07) is 6.26. The lowest BCUT2D eigenvalue weighted by Gasteiger charge is -2.34. The van der Waals surface area contributed by atoms with Crippen LogP contribution in [0.3, 0.4) is 0 Å². The highest BCUT2D eigenvalue weighted by Crippen LogP contribution is 2.22. The van der Waals surface area contributed by atoms with Crippen molar-refractivity contribution in [1.29, 1.82) is 0 Å². The summed E-state index contributed by atoms with van der Waals surface area (Å²) >= 11 is 1.55. The second-order valence-corrected chi connectivity index (χ2v) is 6.62. The van der Waals surface area contributed by atoms with Gasteiger partial charge in [-0.25, -0.2) is 9.37 Å². The summed E-state index contributed by atoms with van der Waals surface area (Å²) in [6.07, 6.45) is -0.202. The number of hydrogen-bond donors (Lipinski definition) is 0. The fourth-order valence-corrected chi connectivity index (χ4v) is 3.28. The molecule has 0 radical (unpaired) electrons. The Morgan fingerprint density at radius 2 is 2.25 bits per heavy atom. The van der Waals surface area contributed by atoms with Gasteiger partial charge in [0.2, 0.25) is 5.91 Å². The van der Waals surface area contributed by atoms with E-state index in [1.54, 1.807) is 29.0 Å². The Morgan fingerprint density at radius 3 is 2.96 bits per heavy atom. The van der Waals surface area contributed by atoms with Crippen molar-refractivity contribution in [3.8, 4) is 0 Å². The van der Waals surface area contributed by atoms with Gasteiger partial charge in [-0.15, -0.1) is 11.3 Å². The molecule has 0 bridgehead atoms. The van der Waals surface area contributed by atoms with Crippen molar-refractivity contribution < 1.29 is 13.9 Å². The molecule has 0 saturated carbocycles. The van der Waals surface area contributed by atoms with Crippen LogP contribution in [-0.4, -0.2) is 54.0 Å². The first kappa shape index (κ1) is 17.0. The monoisotopic (exact) mass is 349 g/mol. The SMILES string of the molecule is CN(CC(=O)N1CCO[C@@H](c2ccc(F)cc2)C1)Cc1cscn1. The number of hydrogen-bond acceptors (Lipinski definition) is 5. The van der Waals surface area contributed by atoms with E-state index in [1.165, 1.54) is 12.1 Å². The Bertz CT molecular complexity index is 663. The van der Waals surface area contributed by atoms with Crippen LogP contribution < -0.4 is 0 Å². The maximum absolute atomic E-state index is 13.0. The van der Waals surface area contributed by atoms with Crippen LogP contribution in [0.25, 0.3) is 0 Å². The van der Waals surface area contributed by atoms with Crippen LogP contribution in [0.4, 0.5) is 4.39 Å². The summed E-state index contributed by atoms with van der Waals surface area (Å²) < 4.78 is 18.8. The molecular weight excluding hydrogens is 329 g/mol. The van der Waals surface area contributed by atoms with Crippen molar-refractivity contribution in [2.75, 3.05) is 33.3 Å². The first-order chi connectivity index (χ1) is 11.6. The molecule has 0 unspecified atom stereocenters. The van der Waals surface area contributed by atoms with Gasteiger partial charge in [0.25, 0.3) is 0 Å². The van der Waals surface area contributed by atoms with Crippen LogP contribution in [0, 0.1) is 5.82 Å². The second kappa shape index (κ2) is 7.83. The van der Waals surface area contributed by atoms with Gasteiger partial charge in [0.1, 0.15) is 11.9 Å². The van der Waals surface area contributed by atoms with Crippen LogP contribution in [0.15, 0.2) is 35.2 Å². The molecule has 1 aliphatic rings. The van der Waals surface area contributed by atoms with Gasteiger partial charge in [-0.2, -0.15) is 0 Å². The molecule has 1 aliphatic heterocycles. The van der Waals surface area contributed by atoms with Crippen LogP contribution in [-0.2, 0) is 16.1 Å². The van der Waals surface area contributed by atoms with Gasteiger partial charge in [-0.3, -0.25) is 9.69 Å². The minimum Gasteiger partial charge on any atom is -0.370 e. The number of carbonyl (C=O) groups excluding carboxylic acids is 1. The number of benzene rings is 1. The zero-order chi connectivity index (χ0) is 16.9. The predicted octanol–water partition coefficient (Wildman–Crippen LogP) is 2.31. The first-order valence-corrected chi connectivity index (χ1v) is 8.76. The topological polar surface area (TPSA) is 45.7 Å². The first-order valence-electron chi connectivity index (χ1n) is 7.82. The van der Waals surface area contributed by atoms with E-state index in [0.29, 0.717) is 32.8 Å². The maximum Gasteiger partial charge on any atom is 0.236 e. The molecule has 128 valence electrons. The molecule has 3 rings (SSSR count). The van der Waals surface area contributed by atoms with E-state index in [-0.39, 0.29) is 17.8 Å².